The number of thiazole rings is 1. The predicted molar refractivity (Wildman–Crippen MR) is 155 cm³/mol. The highest BCUT2D eigenvalue weighted by atomic mass is 79.9. The molecule has 2 aromatic carbocycles. The van der Waals surface area contributed by atoms with Gasteiger partial charge in [0.15, 0.2) is 16.6 Å². The Hall–Kier alpha value is -4.16. The van der Waals surface area contributed by atoms with E-state index in [1.165, 1.54) is 25.3 Å². The van der Waals surface area contributed by atoms with Crippen LogP contribution in [-0.2, 0) is 20.7 Å². The summed E-state index contributed by atoms with van der Waals surface area (Å²) in [5, 5.41) is 22.0. The van der Waals surface area contributed by atoms with Crippen molar-refractivity contribution in [1.29, 1.82) is 0 Å². The van der Waals surface area contributed by atoms with Crippen molar-refractivity contribution in [3.63, 3.8) is 0 Å². The Balaban J connectivity index is 1.70. The second-order valence-electron chi connectivity index (χ2n) is 9.48. The molecule has 1 fully saturated rings. The first-order valence-electron chi connectivity index (χ1n) is 12.5. The third-order valence-corrected chi connectivity index (χ3v) is 8.45. The Labute approximate surface area is 247 Å². The number of benzene rings is 2. The van der Waals surface area contributed by atoms with Crippen LogP contribution in [0.1, 0.15) is 45.0 Å². The smallest absolute Gasteiger partial charge is 0.350 e. The zero-order valence-corrected chi connectivity index (χ0v) is 24.7. The number of ether oxygens (including phenoxy) is 3. The number of aryl methyl sites for hydroxylation is 1. The number of esters is 1. The van der Waals surface area contributed by atoms with E-state index in [9.17, 15) is 24.6 Å². The van der Waals surface area contributed by atoms with Crippen molar-refractivity contribution in [3.05, 3.63) is 80.3 Å². The third kappa shape index (κ3) is 4.97. The molecule has 12 heteroatoms. The number of halogens is 1. The number of phenols is 1. The number of aliphatic hydroxyl groups excluding tert-OH is 1. The molecule has 2 N–H and O–H groups in total. The molecule has 2 aliphatic rings. The number of phenolic OH excluding ortho intramolecular Hbond substituents is 1. The number of nitrogens with zero attached hydrogens (tertiary/aromatic N) is 2. The van der Waals surface area contributed by atoms with Gasteiger partial charge in [-0.2, -0.15) is 0 Å². The number of rotatable bonds is 7. The van der Waals surface area contributed by atoms with Crippen molar-refractivity contribution in [1.82, 2.24) is 4.98 Å². The minimum Gasteiger partial charge on any atom is -0.507 e. The van der Waals surface area contributed by atoms with Gasteiger partial charge in [-0.1, -0.05) is 24.0 Å². The van der Waals surface area contributed by atoms with Gasteiger partial charge in [-0.25, -0.2) is 9.78 Å². The van der Waals surface area contributed by atoms with Crippen LogP contribution >= 0.6 is 27.3 Å². The number of methoxy groups -OCH3 is 1. The number of hydrogen-bond donors (Lipinski definition) is 2. The summed E-state index contributed by atoms with van der Waals surface area (Å²) in [6, 6.07) is 6.87. The van der Waals surface area contributed by atoms with Crippen LogP contribution in [0.2, 0.25) is 0 Å². The van der Waals surface area contributed by atoms with Crippen molar-refractivity contribution < 1.29 is 38.8 Å². The molecule has 1 aromatic heterocycles. The molecule has 0 unspecified atom stereocenters. The summed E-state index contributed by atoms with van der Waals surface area (Å²) in [4.78, 5) is 45.5. The number of aromatic nitrogens is 1. The van der Waals surface area contributed by atoms with E-state index in [4.69, 9.17) is 14.2 Å². The largest absolute Gasteiger partial charge is 0.507 e. The van der Waals surface area contributed by atoms with Crippen LogP contribution in [0.3, 0.4) is 0 Å². The molecule has 1 saturated heterocycles. The third-order valence-electron chi connectivity index (χ3n) is 6.71. The summed E-state index contributed by atoms with van der Waals surface area (Å²) in [7, 11) is 1.36. The minimum atomic E-state index is -1.17. The van der Waals surface area contributed by atoms with E-state index < -0.39 is 23.7 Å². The number of Topliss-reactive ketones (excluding diaryl/α,β-unsaturated/α-hetero) is 1. The number of ketones is 1. The Morgan fingerprint density at radius 3 is 2.78 bits per heavy atom. The van der Waals surface area contributed by atoms with E-state index in [2.05, 4.69) is 27.5 Å². The number of fused-ring (bicyclic) bond motifs is 1. The first kappa shape index (κ1) is 28.4. The molecule has 2 aliphatic heterocycles. The summed E-state index contributed by atoms with van der Waals surface area (Å²) < 4.78 is 16.5. The summed E-state index contributed by atoms with van der Waals surface area (Å²) in [6.45, 7) is 7.04. The van der Waals surface area contributed by atoms with Gasteiger partial charge in [-0.3, -0.25) is 14.5 Å². The van der Waals surface area contributed by atoms with E-state index >= 15 is 0 Å². The van der Waals surface area contributed by atoms with Crippen molar-refractivity contribution in [2.75, 3.05) is 18.6 Å². The first-order chi connectivity index (χ1) is 19.5. The van der Waals surface area contributed by atoms with Crippen molar-refractivity contribution >= 4 is 55.8 Å². The molecular formula is C29H25BrN2O8S. The van der Waals surface area contributed by atoms with Crippen LogP contribution in [0.25, 0.3) is 5.76 Å². The fourth-order valence-corrected chi connectivity index (χ4v) is 6.30. The van der Waals surface area contributed by atoms with Crippen LogP contribution in [-0.4, -0.2) is 52.7 Å². The Morgan fingerprint density at radius 1 is 1.32 bits per heavy atom. The summed E-state index contributed by atoms with van der Waals surface area (Å²) in [5.41, 5.74) is 1.65. The van der Waals surface area contributed by atoms with Gasteiger partial charge in [-0.15, -0.1) is 0 Å². The highest BCUT2D eigenvalue weighted by molar-refractivity contribution is 9.10. The van der Waals surface area contributed by atoms with Crippen molar-refractivity contribution in [3.8, 4) is 17.2 Å². The summed E-state index contributed by atoms with van der Waals surface area (Å²) in [5.74, 6) is -2.34. The molecule has 0 radical (unpaired) electrons. The maximum absolute atomic E-state index is 13.6. The van der Waals surface area contributed by atoms with Crippen LogP contribution < -0.4 is 14.4 Å². The Morgan fingerprint density at radius 2 is 2.07 bits per heavy atom. The number of amides is 1. The zero-order chi connectivity index (χ0) is 29.6. The second-order valence-corrected chi connectivity index (χ2v) is 11.3. The fraction of sp³-hybridized carbons (Fsp3) is 0.241. The Bertz CT molecular complexity index is 1650. The fourth-order valence-electron chi connectivity index (χ4n) is 4.85. The molecule has 0 spiro atoms. The molecule has 5 rings (SSSR count). The lowest BCUT2D eigenvalue weighted by atomic mass is 9.94. The topological polar surface area (TPSA) is 135 Å². The molecule has 41 heavy (non-hydrogen) atoms. The van der Waals surface area contributed by atoms with Gasteiger partial charge in [0.2, 0.25) is 0 Å². The van der Waals surface area contributed by atoms with Crippen molar-refractivity contribution in [2.45, 2.75) is 32.4 Å². The van der Waals surface area contributed by atoms with Gasteiger partial charge in [0.05, 0.1) is 28.9 Å². The number of aliphatic hydroxyl groups is 1. The van der Waals surface area contributed by atoms with E-state index in [-0.39, 0.29) is 50.0 Å². The number of hydrogen-bond acceptors (Lipinski definition) is 10. The maximum atomic E-state index is 13.6. The zero-order valence-electron chi connectivity index (χ0n) is 22.3. The predicted octanol–water partition coefficient (Wildman–Crippen LogP) is 5.22. The van der Waals surface area contributed by atoms with Crippen LogP contribution in [0.5, 0.6) is 17.2 Å². The van der Waals surface area contributed by atoms with Crippen LogP contribution in [0.4, 0.5) is 5.13 Å². The molecule has 212 valence electrons. The van der Waals surface area contributed by atoms with E-state index in [0.717, 1.165) is 21.8 Å². The lowest BCUT2D eigenvalue weighted by Crippen LogP contribution is -2.29. The van der Waals surface area contributed by atoms with Gasteiger partial charge < -0.3 is 24.4 Å². The number of anilines is 1. The number of aromatic hydroxyl groups is 1. The quantitative estimate of drug-likeness (QED) is 0.117. The van der Waals surface area contributed by atoms with Gasteiger partial charge in [0.25, 0.3) is 5.78 Å². The normalized spacial score (nSPS) is 19.2. The molecule has 3 heterocycles. The molecule has 0 aliphatic carbocycles. The molecule has 0 saturated carbocycles. The lowest BCUT2D eigenvalue weighted by Gasteiger charge is -2.24. The molecule has 3 aromatic rings. The first-order valence-corrected chi connectivity index (χ1v) is 14.1. The lowest BCUT2D eigenvalue weighted by molar-refractivity contribution is -0.132. The van der Waals surface area contributed by atoms with E-state index in [0.29, 0.717) is 29.0 Å². The van der Waals surface area contributed by atoms with Crippen LogP contribution in [0, 0.1) is 6.92 Å². The van der Waals surface area contributed by atoms with E-state index in [1.807, 2.05) is 6.92 Å². The average molecular weight is 641 g/mol. The SMILES string of the molecule is C=CCOC(=O)c1sc(N2C(=O)C(=O)C(=C(O)c3ccc4c(c3)C[C@H](C)O4)[C@H]2c2cc(Br)c(O)c(OC)c2)nc1C. The van der Waals surface area contributed by atoms with Gasteiger partial charge in [0.1, 0.15) is 29.1 Å². The van der Waals surface area contributed by atoms with Gasteiger partial charge in [-0.05, 0) is 71.2 Å². The van der Waals surface area contributed by atoms with Crippen molar-refractivity contribution in [2.24, 2.45) is 0 Å². The monoisotopic (exact) mass is 640 g/mol. The highest BCUT2D eigenvalue weighted by Crippen LogP contribution is 2.47. The molecule has 2 atom stereocenters. The highest BCUT2D eigenvalue weighted by Gasteiger charge is 2.49. The molecule has 10 nitrogen and oxygen atoms in total. The summed E-state index contributed by atoms with van der Waals surface area (Å²) in [6.07, 6.45) is 2.02. The minimum absolute atomic E-state index is 0.0120. The molecule has 1 amide bonds. The second kappa shape index (κ2) is 11.0. The van der Waals surface area contributed by atoms with Gasteiger partial charge in [0, 0.05) is 12.0 Å². The van der Waals surface area contributed by atoms with Crippen LogP contribution in [0.15, 0.2) is 53.0 Å². The number of carbonyl (C=O) groups is 3. The molecular weight excluding hydrogens is 616 g/mol. The Kier molecular flexibility index (Phi) is 7.62. The summed E-state index contributed by atoms with van der Waals surface area (Å²) >= 11 is 4.18. The standard InChI is InChI=1S/C29H25BrN2O8S/c1-5-8-39-28(37)26-14(3)31-29(41-26)32-22(17-11-18(30)24(34)20(12-17)38-4)21(25(35)27(32)36)23(33)15-6-7-19-16(10-15)9-13(2)40-19/h5-7,10-13,22,33-34H,1,8-9H2,2-4H3/t13-,22+/m0/s1. The molecule has 0 bridgehead atoms. The number of carbonyl (C=O) groups excluding carboxylic acids is 3. The van der Waals surface area contributed by atoms with Gasteiger partial charge >= 0.3 is 11.9 Å². The maximum Gasteiger partial charge on any atom is 0.350 e. The van der Waals surface area contributed by atoms with E-state index in [1.54, 1.807) is 25.1 Å². The average Bonchev–Trinajstić information content (AvgIpc) is 3.60.